The first-order valence-electron chi connectivity index (χ1n) is 19.4. The molecule has 6 rings (SSSR count). The number of halogens is 13. The Hall–Kier alpha value is -5.53. The van der Waals surface area contributed by atoms with Gasteiger partial charge in [-0.05, 0) is 137 Å². The second-order valence-electron chi connectivity index (χ2n) is 16.5. The average Bonchev–Trinajstić information content (AvgIpc) is 3.79. The van der Waals surface area contributed by atoms with Crippen molar-refractivity contribution < 1.29 is 81.6 Å². The highest BCUT2D eigenvalue weighted by Gasteiger charge is 2.44. The number of anilines is 2. The minimum Gasteiger partial charge on any atom is -0.508 e. The van der Waals surface area contributed by atoms with Gasteiger partial charge in [0.2, 0.25) is 0 Å². The van der Waals surface area contributed by atoms with Crippen molar-refractivity contribution in [1.29, 1.82) is 0 Å². The fraction of sp³-hybridized carbons (Fsp3) is 0.409. The monoisotopic (exact) mass is 958 g/mol. The van der Waals surface area contributed by atoms with Gasteiger partial charge >= 0.3 is 36.9 Å². The van der Waals surface area contributed by atoms with Crippen molar-refractivity contribution in [3.05, 3.63) is 117 Å². The molecule has 2 aliphatic rings. The Morgan fingerprint density at radius 1 is 0.554 bits per heavy atom. The summed E-state index contributed by atoms with van der Waals surface area (Å²) >= 11 is 5.27. The van der Waals surface area contributed by atoms with E-state index in [1.165, 1.54) is 11.0 Å². The number of aromatic hydroxyl groups is 1. The Bertz CT molecular complexity index is 2330. The number of rotatable bonds is 4. The van der Waals surface area contributed by atoms with E-state index in [2.05, 4.69) is 0 Å². The normalized spacial score (nSPS) is 14.1. The number of ether oxygens (including phenoxy) is 3. The number of hydrogen-bond acceptors (Lipinski definition) is 6. The molecule has 356 valence electrons. The molecule has 21 heteroatoms. The molecule has 0 aliphatic carbocycles. The molecule has 65 heavy (non-hydrogen) atoms. The van der Waals surface area contributed by atoms with Gasteiger partial charge in [0.05, 0.1) is 33.6 Å². The van der Waals surface area contributed by atoms with E-state index in [4.69, 9.17) is 25.8 Å². The topological polar surface area (TPSA) is 88.5 Å². The van der Waals surface area contributed by atoms with Gasteiger partial charge in [0, 0.05) is 19.0 Å². The van der Waals surface area contributed by atoms with E-state index in [1.54, 1.807) is 56.0 Å². The van der Waals surface area contributed by atoms with E-state index < -0.39 is 64.3 Å². The van der Waals surface area contributed by atoms with Gasteiger partial charge in [0.1, 0.15) is 29.3 Å². The molecular formula is C44H43ClF12N2O6. The molecule has 1 N–H and O–H groups in total. The summed E-state index contributed by atoms with van der Waals surface area (Å²) in [5.74, 6) is 0.277. The van der Waals surface area contributed by atoms with E-state index in [0.717, 1.165) is 35.4 Å². The van der Waals surface area contributed by atoms with Crippen molar-refractivity contribution in [3.8, 4) is 11.5 Å². The smallest absolute Gasteiger partial charge is 0.417 e. The quantitative estimate of drug-likeness (QED) is 0.162. The lowest BCUT2D eigenvalue weighted by Crippen LogP contribution is -2.35. The van der Waals surface area contributed by atoms with Gasteiger partial charge in [-0.15, -0.1) is 11.6 Å². The molecule has 0 aromatic heterocycles. The minimum absolute atomic E-state index is 0.0120. The van der Waals surface area contributed by atoms with E-state index in [1.807, 2.05) is 20.8 Å². The summed E-state index contributed by atoms with van der Waals surface area (Å²) in [5.41, 5.74) is -4.88. The van der Waals surface area contributed by atoms with E-state index in [-0.39, 0.29) is 35.5 Å². The third-order valence-corrected chi connectivity index (χ3v) is 9.39. The lowest BCUT2D eigenvalue weighted by atomic mass is 10.0. The maximum absolute atomic E-state index is 13.1. The first-order valence-corrected chi connectivity index (χ1v) is 19.9. The highest BCUT2D eigenvalue weighted by molar-refractivity contribution is 6.17. The molecule has 0 atom stereocenters. The van der Waals surface area contributed by atoms with E-state index >= 15 is 0 Å². The highest BCUT2D eigenvalue weighted by atomic mass is 35.5. The number of alkyl halides is 13. The Kier molecular flexibility index (Phi) is 15.6. The van der Waals surface area contributed by atoms with Crippen LogP contribution in [-0.4, -0.2) is 41.6 Å². The third-order valence-electron chi connectivity index (χ3n) is 9.08. The fourth-order valence-corrected chi connectivity index (χ4v) is 6.52. The second kappa shape index (κ2) is 19.5. The molecule has 0 spiro atoms. The molecule has 8 nitrogen and oxygen atoms in total. The number of fused-ring (bicyclic) bond motifs is 2. The van der Waals surface area contributed by atoms with Crippen LogP contribution in [0, 0.1) is 0 Å². The van der Waals surface area contributed by atoms with E-state index in [9.17, 15) is 67.4 Å². The molecule has 4 aromatic carbocycles. The molecule has 0 fully saturated rings. The summed E-state index contributed by atoms with van der Waals surface area (Å²) in [4.78, 5) is 27.4. The summed E-state index contributed by atoms with van der Waals surface area (Å²) in [5, 5.41) is 9.37. The summed E-state index contributed by atoms with van der Waals surface area (Å²) < 4.78 is 168. The molecule has 0 unspecified atom stereocenters. The lowest BCUT2D eigenvalue weighted by molar-refractivity contribution is -0.162. The molecule has 0 saturated carbocycles. The van der Waals surface area contributed by atoms with Gasteiger partial charge in [-0.25, -0.2) is 9.59 Å². The second-order valence-corrected chi connectivity index (χ2v) is 16.8. The zero-order chi connectivity index (χ0) is 49.1. The lowest BCUT2D eigenvalue weighted by Gasteiger charge is -2.24. The van der Waals surface area contributed by atoms with Crippen LogP contribution in [0.25, 0.3) is 0 Å². The van der Waals surface area contributed by atoms with Crippen LogP contribution in [0.15, 0.2) is 72.8 Å². The number of phenolic OH excluding ortho intramolecular Hbond substituents is 1. The van der Waals surface area contributed by atoms with Crippen LogP contribution in [0.4, 0.5) is 73.6 Å². The van der Waals surface area contributed by atoms with Crippen LogP contribution in [0.5, 0.6) is 11.5 Å². The van der Waals surface area contributed by atoms with Crippen LogP contribution in [0.3, 0.4) is 0 Å². The largest absolute Gasteiger partial charge is 0.508 e. The average molecular weight is 959 g/mol. The molecule has 0 bridgehead atoms. The molecule has 2 aliphatic heterocycles. The summed E-state index contributed by atoms with van der Waals surface area (Å²) in [7, 11) is 0. The number of carbonyl (C=O) groups excluding carboxylic acids is 2. The maximum atomic E-state index is 13.1. The molecule has 2 amide bonds. The van der Waals surface area contributed by atoms with Crippen molar-refractivity contribution in [2.75, 3.05) is 22.9 Å². The zero-order valence-corrected chi connectivity index (χ0v) is 36.2. The first kappa shape index (κ1) is 52.1. The van der Waals surface area contributed by atoms with Crippen molar-refractivity contribution in [1.82, 2.24) is 0 Å². The van der Waals surface area contributed by atoms with Crippen LogP contribution in [0.1, 0.15) is 86.1 Å². The van der Waals surface area contributed by atoms with Crippen molar-refractivity contribution >= 4 is 35.2 Å². The van der Waals surface area contributed by atoms with Gasteiger partial charge < -0.3 is 19.3 Å². The summed E-state index contributed by atoms with van der Waals surface area (Å²) in [6.07, 6.45) is -19.9. The highest BCUT2D eigenvalue weighted by Crippen LogP contribution is 2.42. The first-order chi connectivity index (χ1) is 29.7. The minimum atomic E-state index is -5.15. The van der Waals surface area contributed by atoms with Crippen LogP contribution >= 0.6 is 11.6 Å². The maximum Gasteiger partial charge on any atom is 0.417 e. The van der Waals surface area contributed by atoms with Crippen molar-refractivity contribution in [3.63, 3.8) is 0 Å². The molecule has 4 aromatic rings. The summed E-state index contributed by atoms with van der Waals surface area (Å²) in [6, 6.07) is 13.4. The molecule has 0 radical (unpaired) electrons. The van der Waals surface area contributed by atoms with E-state index in [0.29, 0.717) is 55.2 Å². The summed E-state index contributed by atoms with van der Waals surface area (Å²) in [6.45, 7) is 11.5. The number of nitrogens with zero attached hydrogens (tertiary/aromatic N) is 2. The number of amides is 2. The standard InChI is InChI=1S/C22H21F6NO3.C13H17NO3.C9H5ClF6/c1-20(2,3)32-19(30)29-9-8-14-11-15(5-7-18(14)29)31-12-13-4-6-16(21(23,24)25)17(10-13)22(26,27)28;1-13(2,3)17-12(16)14-7-6-9-8-10(15)4-5-11(9)14;10-4-5-1-2-6(8(11,12)13)7(3-5)9(14,15)16/h4-7,10-11H,8-9,12H2,1-3H3;4-5,8,15H,6-7H2,1-3H3;1-3H,4H2. The Balaban J connectivity index is 0.000000236. The van der Waals surface area contributed by atoms with Crippen molar-refractivity contribution in [2.45, 2.75) is 103 Å². The zero-order valence-electron chi connectivity index (χ0n) is 35.5. The number of hydrogen-bond donors (Lipinski definition) is 1. The predicted octanol–water partition coefficient (Wildman–Crippen LogP) is 13.8. The molecular weight excluding hydrogens is 916 g/mol. The number of benzene rings is 4. The predicted molar refractivity (Wildman–Crippen MR) is 216 cm³/mol. The van der Waals surface area contributed by atoms with Crippen LogP contribution < -0.4 is 14.5 Å². The van der Waals surface area contributed by atoms with Crippen LogP contribution in [-0.2, 0) is 59.5 Å². The van der Waals surface area contributed by atoms with Gasteiger partial charge in [-0.3, -0.25) is 9.80 Å². The van der Waals surface area contributed by atoms with Gasteiger partial charge in [0.25, 0.3) is 0 Å². The Morgan fingerprint density at radius 3 is 1.37 bits per heavy atom. The third kappa shape index (κ3) is 14.5. The van der Waals surface area contributed by atoms with Gasteiger partial charge in [0.15, 0.2) is 0 Å². The Morgan fingerprint density at radius 2 is 0.954 bits per heavy atom. The fourth-order valence-electron chi connectivity index (χ4n) is 6.36. The van der Waals surface area contributed by atoms with Gasteiger partial charge in [-0.2, -0.15) is 52.7 Å². The Labute approximate surface area is 370 Å². The number of carbonyl (C=O) groups is 2. The van der Waals surface area contributed by atoms with Crippen LogP contribution in [0.2, 0.25) is 0 Å². The van der Waals surface area contributed by atoms with Gasteiger partial charge in [-0.1, -0.05) is 12.1 Å². The number of phenols is 1. The van der Waals surface area contributed by atoms with Crippen molar-refractivity contribution in [2.24, 2.45) is 0 Å². The SMILES string of the molecule is CC(C)(C)OC(=O)N1CCc2cc(O)ccc21.CC(C)(C)OC(=O)N1CCc2cc(OCc3ccc(C(F)(F)F)c(C(F)(F)F)c3)ccc21.FC(F)(F)c1ccc(CCl)cc1C(F)(F)F. The molecule has 2 heterocycles. The molecule has 0 saturated heterocycles.